The van der Waals surface area contributed by atoms with E-state index >= 15 is 0 Å². The number of para-hydroxylation sites is 1. The van der Waals surface area contributed by atoms with Crippen LogP contribution in [-0.4, -0.2) is 18.6 Å². The zero-order chi connectivity index (χ0) is 13.7. The highest BCUT2D eigenvalue weighted by molar-refractivity contribution is 5.78. The molecule has 0 aliphatic heterocycles. The Morgan fingerprint density at radius 2 is 2.16 bits per heavy atom. The van der Waals surface area contributed by atoms with Gasteiger partial charge in [0.1, 0.15) is 5.75 Å². The molecule has 0 saturated heterocycles. The van der Waals surface area contributed by atoms with Gasteiger partial charge in [-0.05, 0) is 38.7 Å². The standard InChI is InChI=1S/C15H23N3O/c1-11(2)18-15(16)17-9-13-5-3-4-6-14(13)19-10-12-7-8-12/h3-6,11-12H,7-10H2,1-2H3,(H3,16,17,18). The van der Waals surface area contributed by atoms with Crippen molar-refractivity contribution in [1.29, 1.82) is 0 Å². The lowest BCUT2D eigenvalue weighted by atomic mass is 10.2. The fourth-order valence-electron chi connectivity index (χ4n) is 1.78. The van der Waals surface area contributed by atoms with E-state index in [0.29, 0.717) is 18.5 Å². The van der Waals surface area contributed by atoms with E-state index in [9.17, 15) is 0 Å². The maximum absolute atomic E-state index is 5.84. The van der Waals surface area contributed by atoms with Gasteiger partial charge >= 0.3 is 0 Å². The maximum atomic E-state index is 5.84. The van der Waals surface area contributed by atoms with E-state index in [0.717, 1.165) is 23.8 Å². The maximum Gasteiger partial charge on any atom is 0.189 e. The summed E-state index contributed by atoms with van der Waals surface area (Å²) >= 11 is 0. The molecule has 1 aliphatic carbocycles. The molecule has 3 N–H and O–H groups in total. The van der Waals surface area contributed by atoms with Gasteiger partial charge in [0.05, 0.1) is 13.2 Å². The molecule has 0 atom stereocenters. The SMILES string of the molecule is CC(C)NC(N)=NCc1ccccc1OCC1CC1. The first-order valence-corrected chi connectivity index (χ1v) is 6.92. The first kappa shape index (κ1) is 13.7. The summed E-state index contributed by atoms with van der Waals surface area (Å²) in [6.45, 7) is 5.44. The lowest BCUT2D eigenvalue weighted by Gasteiger charge is -2.11. The van der Waals surface area contributed by atoms with E-state index < -0.39 is 0 Å². The van der Waals surface area contributed by atoms with Crippen LogP contribution in [-0.2, 0) is 6.54 Å². The molecule has 0 amide bonds. The Hall–Kier alpha value is -1.71. The first-order valence-electron chi connectivity index (χ1n) is 6.92. The normalized spacial score (nSPS) is 15.6. The third kappa shape index (κ3) is 4.81. The number of nitrogens with two attached hydrogens (primary N) is 1. The molecule has 19 heavy (non-hydrogen) atoms. The molecule has 4 nitrogen and oxygen atoms in total. The molecule has 1 aromatic carbocycles. The van der Waals surface area contributed by atoms with Crippen molar-refractivity contribution in [1.82, 2.24) is 5.32 Å². The van der Waals surface area contributed by atoms with Crippen molar-refractivity contribution in [2.75, 3.05) is 6.61 Å². The van der Waals surface area contributed by atoms with Crippen LogP contribution >= 0.6 is 0 Å². The van der Waals surface area contributed by atoms with E-state index in [1.54, 1.807) is 0 Å². The van der Waals surface area contributed by atoms with Crippen LogP contribution in [0.15, 0.2) is 29.3 Å². The summed E-state index contributed by atoms with van der Waals surface area (Å²) in [7, 11) is 0. The molecular formula is C15H23N3O. The van der Waals surface area contributed by atoms with Gasteiger partial charge in [0.15, 0.2) is 5.96 Å². The van der Waals surface area contributed by atoms with E-state index in [4.69, 9.17) is 10.5 Å². The number of hydrogen-bond donors (Lipinski definition) is 2. The van der Waals surface area contributed by atoms with Gasteiger partial charge in [-0.1, -0.05) is 18.2 Å². The predicted octanol–water partition coefficient (Wildman–Crippen LogP) is 2.29. The largest absolute Gasteiger partial charge is 0.493 e. The number of benzene rings is 1. The summed E-state index contributed by atoms with van der Waals surface area (Å²) in [5.41, 5.74) is 6.88. The molecule has 1 aromatic rings. The lowest BCUT2D eigenvalue weighted by molar-refractivity contribution is 0.297. The molecule has 0 bridgehead atoms. The van der Waals surface area contributed by atoms with Crippen molar-refractivity contribution < 1.29 is 4.74 Å². The highest BCUT2D eigenvalue weighted by Crippen LogP contribution is 2.30. The van der Waals surface area contributed by atoms with Crippen LogP contribution in [0, 0.1) is 5.92 Å². The molecule has 104 valence electrons. The van der Waals surface area contributed by atoms with Crippen LogP contribution in [0.2, 0.25) is 0 Å². The van der Waals surface area contributed by atoms with Crippen molar-refractivity contribution in [2.24, 2.45) is 16.6 Å². The Labute approximate surface area is 115 Å². The third-order valence-electron chi connectivity index (χ3n) is 3.00. The van der Waals surface area contributed by atoms with Gasteiger partial charge in [-0.25, -0.2) is 4.99 Å². The second kappa shape index (κ2) is 6.45. The Morgan fingerprint density at radius 1 is 1.42 bits per heavy atom. The van der Waals surface area contributed by atoms with Gasteiger partial charge in [0.25, 0.3) is 0 Å². The van der Waals surface area contributed by atoms with Crippen molar-refractivity contribution in [3.05, 3.63) is 29.8 Å². The summed E-state index contributed by atoms with van der Waals surface area (Å²) < 4.78 is 5.84. The highest BCUT2D eigenvalue weighted by Gasteiger charge is 2.22. The molecule has 0 unspecified atom stereocenters. The number of hydrogen-bond acceptors (Lipinski definition) is 2. The van der Waals surface area contributed by atoms with Gasteiger partial charge in [-0.2, -0.15) is 0 Å². The van der Waals surface area contributed by atoms with Gasteiger partial charge in [0, 0.05) is 11.6 Å². The van der Waals surface area contributed by atoms with E-state index in [1.165, 1.54) is 12.8 Å². The number of ether oxygens (including phenoxy) is 1. The summed E-state index contributed by atoms with van der Waals surface area (Å²) in [5, 5.41) is 3.08. The van der Waals surface area contributed by atoms with Crippen LogP contribution in [0.1, 0.15) is 32.3 Å². The van der Waals surface area contributed by atoms with Gasteiger partial charge < -0.3 is 15.8 Å². The quantitative estimate of drug-likeness (QED) is 0.610. The predicted molar refractivity (Wildman–Crippen MR) is 78.3 cm³/mol. The molecule has 2 rings (SSSR count). The van der Waals surface area contributed by atoms with Crippen LogP contribution in [0.5, 0.6) is 5.75 Å². The van der Waals surface area contributed by atoms with Crippen molar-refractivity contribution in [3.8, 4) is 5.75 Å². The average Bonchev–Trinajstić information content (AvgIpc) is 3.18. The first-order chi connectivity index (χ1) is 9.15. The van der Waals surface area contributed by atoms with Crippen molar-refractivity contribution >= 4 is 5.96 Å². The zero-order valence-electron chi connectivity index (χ0n) is 11.7. The lowest BCUT2D eigenvalue weighted by Crippen LogP contribution is -2.36. The Bertz CT molecular complexity index is 439. The van der Waals surface area contributed by atoms with Crippen molar-refractivity contribution in [3.63, 3.8) is 0 Å². The van der Waals surface area contributed by atoms with E-state index in [2.05, 4.69) is 10.3 Å². The Morgan fingerprint density at radius 3 is 2.84 bits per heavy atom. The smallest absolute Gasteiger partial charge is 0.189 e. The summed E-state index contributed by atoms with van der Waals surface area (Å²) in [6.07, 6.45) is 2.59. The Kier molecular flexibility index (Phi) is 4.66. The van der Waals surface area contributed by atoms with E-state index in [1.807, 2.05) is 38.1 Å². The number of nitrogens with one attached hydrogen (secondary N) is 1. The number of rotatable bonds is 6. The minimum atomic E-state index is 0.296. The number of aliphatic imine (C=N–C) groups is 1. The van der Waals surface area contributed by atoms with Crippen LogP contribution < -0.4 is 15.8 Å². The number of guanidine groups is 1. The molecule has 4 heteroatoms. The molecular weight excluding hydrogens is 238 g/mol. The second-order valence-corrected chi connectivity index (χ2v) is 5.36. The third-order valence-corrected chi connectivity index (χ3v) is 3.00. The molecule has 1 aliphatic rings. The van der Waals surface area contributed by atoms with Crippen LogP contribution in [0.3, 0.4) is 0 Å². The van der Waals surface area contributed by atoms with Gasteiger partial charge in [0.2, 0.25) is 0 Å². The fraction of sp³-hybridized carbons (Fsp3) is 0.533. The second-order valence-electron chi connectivity index (χ2n) is 5.36. The van der Waals surface area contributed by atoms with E-state index in [-0.39, 0.29) is 0 Å². The molecule has 0 aromatic heterocycles. The summed E-state index contributed by atoms with van der Waals surface area (Å²) in [5.74, 6) is 2.16. The minimum Gasteiger partial charge on any atom is -0.493 e. The monoisotopic (exact) mass is 261 g/mol. The topological polar surface area (TPSA) is 59.6 Å². The van der Waals surface area contributed by atoms with Crippen molar-refractivity contribution in [2.45, 2.75) is 39.3 Å². The van der Waals surface area contributed by atoms with Gasteiger partial charge in [-0.15, -0.1) is 0 Å². The van der Waals surface area contributed by atoms with Gasteiger partial charge in [-0.3, -0.25) is 0 Å². The fourth-order valence-corrected chi connectivity index (χ4v) is 1.78. The molecule has 1 saturated carbocycles. The molecule has 1 fully saturated rings. The highest BCUT2D eigenvalue weighted by atomic mass is 16.5. The number of nitrogens with zero attached hydrogens (tertiary/aromatic N) is 1. The summed E-state index contributed by atoms with van der Waals surface area (Å²) in [6, 6.07) is 8.32. The molecule has 0 heterocycles. The average molecular weight is 261 g/mol. The minimum absolute atomic E-state index is 0.296. The molecule has 0 radical (unpaired) electrons. The Balaban J connectivity index is 1.94. The summed E-state index contributed by atoms with van der Waals surface area (Å²) in [4.78, 5) is 4.34. The molecule has 0 spiro atoms. The van der Waals surface area contributed by atoms with Crippen LogP contribution in [0.4, 0.5) is 0 Å². The zero-order valence-corrected chi connectivity index (χ0v) is 11.7. The van der Waals surface area contributed by atoms with Crippen LogP contribution in [0.25, 0.3) is 0 Å².